The second kappa shape index (κ2) is 8.41. The van der Waals surface area contributed by atoms with Crippen LogP contribution in [-0.4, -0.2) is 6.29 Å². The van der Waals surface area contributed by atoms with E-state index in [1.54, 1.807) is 6.08 Å². The first-order chi connectivity index (χ1) is 4.91. The first kappa shape index (κ1) is 9.41. The molecule has 1 heteroatoms. The van der Waals surface area contributed by atoms with Gasteiger partial charge >= 0.3 is 0 Å². The third-order valence-electron chi connectivity index (χ3n) is 1.44. The number of unbranched alkanes of at least 4 members (excludes halogenated alkanes) is 5. The van der Waals surface area contributed by atoms with Crippen LogP contribution in [0.1, 0.15) is 38.5 Å². The van der Waals surface area contributed by atoms with E-state index in [0.717, 1.165) is 32.0 Å². The first-order valence-electron chi connectivity index (χ1n) is 3.89. The summed E-state index contributed by atoms with van der Waals surface area (Å²) in [7, 11) is 0. The molecule has 0 spiro atoms. The van der Waals surface area contributed by atoms with E-state index in [1.807, 2.05) is 0 Å². The van der Waals surface area contributed by atoms with Gasteiger partial charge in [-0.15, -0.1) is 0 Å². The highest BCUT2D eigenvalue weighted by Gasteiger charge is 1.86. The van der Waals surface area contributed by atoms with Crippen molar-refractivity contribution in [3.63, 3.8) is 0 Å². The minimum atomic E-state index is 0.715. The fraction of sp³-hybridized carbons (Fsp3) is 0.667. The average molecular weight is 139 g/mol. The van der Waals surface area contributed by atoms with Crippen molar-refractivity contribution >= 4 is 6.29 Å². The molecule has 0 amide bonds. The van der Waals surface area contributed by atoms with Gasteiger partial charge in [-0.1, -0.05) is 25.5 Å². The van der Waals surface area contributed by atoms with Crippen LogP contribution in [-0.2, 0) is 4.79 Å². The molecule has 0 rings (SSSR count). The Bertz CT molecular complexity index is 74.7. The predicted molar refractivity (Wildman–Crippen MR) is 42.6 cm³/mol. The van der Waals surface area contributed by atoms with Gasteiger partial charge in [-0.25, -0.2) is 0 Å². The van der Waals surface area contributed by atoms with Crippen LogP contribution in [0.2, 0.25) is 0 Å². The topological polar surface area (TPSA) is 17.1 Å². The zero-order valence-electron chi connectivity index (χ0n) is 6.38. The van der Waals surface area contributed by atoms with Crippen LogP contribution in [0.5, 0.6) is 0 Å². The lowest BCUT2D eigenvalue weighted by atomic mass is 10.1. The van der Waals surface area contributed by atoms with Gasteiger partial charge in [0.1, 0.15) is 6.29 Å². The minimum absolute atomic E-state index is 0.715. The Morgan fingerprint density at radius 3 is 2.10 bits per heavy atom. The molecule has 0 saturated carbocycles. The third-order valence-corrected chi connectivity index (χ3v) is 1.44. The van der Waals surface area contributed by atoms with E-state index in [4.69, 9.17) is 6.58 Å². The molecule has 0 N–H and O–H groups in total. The Morgan fingerprint density at radius 1 is 1.00 bits per heavy atom. The number of rotatable bonds is 7. The monoisotopic (exact) mass is 139 g/mol. The van der Waals surface area contributed by atoms with E-state index in [1.165, 1.54) is 6.42 Å². The van der Waals surface area contributed by atoms with Gasteiger partial charge in [0.2, 0.25) is 0 Å². The van der Waals surface area contributed by atoms with Gasteiger partial charge in [0.05, 0.1) is 0 Å². The summed E-state index contributed by atoms with van der Waals surface area (Å²) in [6.07, 6.45) is 8.94. The molecule has 1 nitrogen and oxygen atoms in total. The zero-order chi connectivity index (χ0) is 7.66. The smallest absolute Gasteiger partial charge is 0.119 e. The zero-order valence-corrected chi connectivity index (χ0v) is 6.38. The fourth-order valence-electron chi connectivity index (χ4n) is 0.843. The second-order valence-electron chi connectivity index (χ2n) is 2.39. The van der Waals surface area contributed by atoms with Crippen molar-refractivity contribution in [3.8, 4) is 0 Å². The van der Waals surface area contributed by atoms with Crippen molar-refractivity contribution in [2.45, 2.75) is 38.5 Å². The molecular formula is C9H15O. The van der Waals surface area contributed by atoms with Crippen LogP contribution < -0.4 is 0 Å². The summed E-state index contributed by atoms with van der Waals surface area (Å²) in [5.74, 6) is 0. The average Bonchev–Trinajstić information content (AvgIpc) is 1.97. The van der Waals surface area contributed by atoms with Gasteiger partial charge in [0.25, 0.3) is 0 Å². The van der Waals surface area contributed by atoms with Gasteiger partial charge in [0.15, 0.2) is 0 Å². The fourth-order valence-corrected chi connectivity index (χ4v) is 0.843. The van der Waals surface area contributed by atoms with Crippen LogP contribution in [0, 0.1) is 6.58 Å². The van der Waals surface area contributed by atoms with Gasteiger partial charge in [0, 0.05) is 6.42 Å². The van der Waals surface area contributed by atoms with Crippen molar-refractivity contribution < 1.29 is 4.79 Å². The lowest BCUT2D eigenvalue weighted by Gasteiger charge is -1.94. The minimum Gasteiger partial charge on any atom is -0.303 e. The maximum absolute atomic E-state index is 9.87. The SMILES string of the molecule is [CH]=CCCCCCCC=O. The first-order valence-corrected chi connectivity index (χ1v) is 3.89. The van der Waals surface area contributed by atoms with Crippen molar-refractivity contribution in [1.29, 1.82) is 0 Å². The number of aldehydes is 1. The summed E-state index contributed by atoms with van der Waals surface area (Å²) < 4.78 is 0. The van der Waals surface area contributed by atoms with E-state index in [2.05, 4.69) is 0 Å². The van der Waals surface area contributed by atoms with Gasteiger partial charge in [-0.2, -0.15) is 0 Å². The molecule has 0 aliphatic rings. The largest absolute Gasteiger partial charge is 0.303 e. The Kier molecular flexibility index (Phi) is 7.91. The van der Waals surface area contributed by atoms with E-state index in [-0.39, 0.29) is 0 Å². The Morgan fingerprint density at radius 2 is 1.60 bits per heavy atom. The van der Waals surface area contributed by atoms with E-state index in [9.17, 15) is 4.79 Å². The van der Waals surface area contributed by atoms with Crippen LogP contribution in [0.15, 0.2) is 6.08 Å². The number of hydrogen-bond donors (Lipinski definition) is 0. The Balaban J connectivity index is 2.76. The second-order valence-corrected chi connectivity index (χ2v) is 2.39. The van der Waals surface area contributed by atoms with E-state index < -0.39 is 0 Å². The maximum atomic E-state index is 9.87. The standard InChI is InChI=1S/C9H15O/c1-2-3-4-5-6-7-8-9-10/h1-2,9H,3-8H2. The molecule has 1 radical (unpaired) electrons. The predicted octanol–water partition coefficient (Wildman–Crippen LogP) is 2.52. The van der Waals surface area contributed by atoms with Gasteiger partial charge in [-0.3, -0.25) is 0 Å². The molecule has 0 aromatic rings. The van der Waals surface area contributed by atoms with Crippen LogP contribution in [0.25, 0.3) is 0 Å². The highest BCUT2D eigenvalue weighted by molar-refractivity contribution is 5.48. The number of allylic oxidation sites excluding steroid dienone is 1. The van der Waals surface area contributed by atoms with Crippen LogP contribution in [0.3, 0.4) is 0 Å². The molecular weight excluding hydrogens is 124 g/mol. The number of carbonyl (C=O) groups excluding carboxylic acids is 1. The van der Waals surface area contributed by atoms with Crippen LogP contribution >= 0.6 is 0 Å². The van der Waals surface area contributed by atoms with Crippen molar-refractivity contribution in [2.24, 2.45) is 0 Å². The van der Waals surface area contributed by atoms with Crippen LogP contribution in [0.4, 0.5) is 0 Å². The van der Waals surface area contributed by atoms with E-state index >= 15 is 0 Å². The highest BCUT2D eigenvalue weighted by atomic mass is 16.1. The molecule has 10 heavy (non-hydrogen) atoms. The Hall–Kier alpha value is -0.590. The number of hydrogen-bond acceptors (Lipinski definition) is 1. The molecule has 0 saturated heterocycles. The number of carbonyl (C=O) groups is 1. The lowest BCUT2D eigenvalue weighted by Crippen LogP contribution is -1.78. The molecule has 0 heterocycles. The normalized spacial score (nSPS) is 9.20. The van der Waals surface area contributed by atoms with Gasteiger partial charge in [-0.05, 0) is 19.3 Å². The molecule has 0 bridgehead atoms. The molecule has 0 aliphatic heterocycles. The lowest BCUT2D eigenvalue weighted by molar-refractivity contribution is -0.107. The summed E-state index contributed by atoms with van der Waals surface area (Å²) in [4.78, 5) is 9.87. The molecule has 57 valence electrons. The summed E-state index contributed by atoms with van der Waals surface area (Å²) in [5, 5.41) is 0. The third kappa shape index (κ3) is 7.41. The molecule has 0 aliphatic carbocycles. The maximum Gasteiger partial charge on any atom is 0.119 e. The molecule has 0 atom stereocenters. The van der Waals surface area contributed by atoms with Crippen molar-refractivity contribution in [3.05, 3.63) is 12.7 Å². The molecule has 0 aromatic carbocycles. The molecule has 0 unspecified atom stereocenters. The summed E-state index contributed by atoms with van der Waals surface area (Å²) in [5.41, 5.74) is 0. The Labute approximate surface area is 63.1 Å². The van der Waals surface area contributed by atoms with Crippen molar-refractivity contribution in [2.75, 3.05) is 0 Å². The molecule has 0 fully saturated rings. The quantitative estimate of drug-likeness (QED) is 0.391. The van der Waals surface area contributed by atoms with E-state index in [0.29, 0.717) is 6.42 Å². The summed E-state index contributed by atoms with van der Waals surface area (Å²) in [6.45, 7) is 5.19. The summed E-state index contributed by atoms with van der Waals surface area (Å²) in [6, 6.07) is 0. The van der Waals surface area contributed by atoms with Gasteiger partial charge < -0.3 is 4.79 Å². The molecule has 0 aromatic heterocycles. The highest BCUT2D eigenvalue weighted by Crippen LogP contribution is 2.03. The van der Waals surface area contributed by atoms with Crippen molar-refractivity contribution in [1.82, 2.24) is 0 Å². The summed E-state index contributed by atoms with van der Waals surface area (Å²) >= 11 is 0.